The number of hydrogen-bond acceptors (Lipinski definition) is 4. The second-order valence-electron chi connectivity index (χ2n) is 8.35. The Bertz CT molecular complexity index is 350. The molecule has 152 valence electrons. The van der Waals surface area contributed by atoms with Gasteiger partial charge in [0.1, 0.15) is 12.3 Å². The Morgan fingerprint density at radius 2 is 0.962 bits per heavy atom. The van der Waals surface area contributed by atoms with Crippen LogP contribution in [0.25, 0.3) is 0 Å². The predicted molar refractivity (Wildman–Crippen MR) is 103 cm³/mol. The molecule has 0 aliphatic carbocycles. The molecule has 0 aromatic rings. The van der Waals surface area contributed by atoms with Gasteiger partial charge in [-0.05, 0) is 77.8 Å². The summed E-state index contributed by atoms with van der Waals surface area (Å²) >= 11 is 0. The van der Waals surface area contributed by atoms with E-state index in [1.165, 1.54) is 38.5 Å². The van der Waals surface area contributed by atoms with Crippen molar-refractivity contribution < 1.29 is 8.78 Å². The van der Waals surface area contributed by atoms with E-state index in [9.17, 15) is 8.78 Å². The summed E-state index contributed by atoms with van der Waals surface area (Å²) in [5, 5.41) is 6.20. The van der Waals surface area contributed by atoms with Crippen molar-refractivity contribution in [2.75, 3.05) is 52.4 Å². The van der Waals surface area contributed by atoms with Gasteiger partial charge in [0.2, 0.25) is 0 Å². The molecule has 4 atom stereocenters. The third kappa shape index (κ3) is 5.85. The van der Waals surface area contributed by atoms with Crippen LogP contribution < -0.4 is 10.6 Å². The van der Waals surface area contributed by atoms with Gasteiger partial charge in [0.05, 0.1) is 0 Å². The molecule has 0 unspecified atom stereocenters. The zero-order valence-corrected chi connectivity index (χ0v) is 16.3. The number of hydrogen-bond donors (Lipinski definition) is 2. The molecular weight excluding hydrogens is 334 g/mol. The number of alkyl halides is 2. The smallest absolute Gasteiger partial charge is 0.128 e. The fourth-order valence-electron chi connectivity index (χ4n) is 4.94. The molecule has 0 aromatic carbocycles. The lowest BCUT2D eigenvalue weighted by Gasteiger charge is -2.38. The molecule has 0 spiro atoms. The Hall–Kier alpha value is -0.300. The van der Waals surface area contributed by atoms with Crippen LogP contribution in [0, 0.1) is 0 Å². The summed E-state index contributed by atoms with van der Waals surface area (Å²) in [6.45, 7) is 7.55. The van der Waals surface area contributed by atoms with Gasteiger partial charge in [-0.2, -0.15) is 0 Å². The van der Waals surface area contributed by atoms with Crippen LogP contribution in [-0.4, -0.2) is 86.6 Å². The second kappa shape index (κ2) is 10.9. The van der Waals surface area contributed by atoms with E-state index < -0.39 is 12.3 Å². The Morgan fingerprint density at radius 1 is 0.577 bits per heavy atom. The summed E-state index contributed by atoms with van der Waals surface area (Å²) in [6, 6.07) is 0.420. The molecule has 0 aromatic heterocycles. The Morgan fingerprint density at radius 3 is 1.31 bits per heavy atom. The zero-order chi connectivity index (χ0) is 18.2. The van der Waals surface area contributed by atoms with Crippen LogP contribution in [0.2, 0.25) is 0 Å². The second-order valence-corrected chi connectivity index (χ2v) is 8.35. The first-order valence-corrected chi connectivity index (χ1v) is 10.9. The van der Waals surface area contributed by atoms with E-state index in [-0.39, 0.29) is 12.1 Å². The van der Waals surface area contributed by atoms with Crippen LogP contribution in [0.15, 0.2) is 0 Å². The van der Waals surface area contributed by atoms with Crippen LogP contribution in [0.4, 0.5) is 8.78 Å². The lowest BCUT2D eigenvalue weighted by molar-refractivity contribution is 0.0694. The zero-order valence-electron chi connectivity index (χ0n) is 16.3. The van der Waals surface area contributed by atoms with Gasteiger partial charge in [-0.1, -0.05) is 12.8 Å². The topological polar surface area (TPSA) is 30.5 Å². The van der Waals surface area contributed by atoms with Gasteiger partial charge in [0.15, 0.2) is 0 Å². The van der Waals surface area contributed by atoms with Gasteiger partial charge in [0, 0.05) is 25.2 Å². The number of nitrogens with one attached hydrogen (secondary N) is 2. The van der Waals surface area contributed by atoms with E-state index >= 15 is 0 Å². The van der Waals surface area contributed by atoms with Gasteiger partial charge in [-0.3, -0.25) is 9.80 Å². The van der Waals surface area contributed by atoms with E-state index in [4.69, 9.17) is 0 Å². The predicted octanol–water partition coefficient (Wildman–Crippen LogP) is 2.34. The standard InChI is InChI=1S/2C10H19FN2/c2*11-9-8-12-5-4-10(9)13-6-2-1-3-7-13/h2*9-10,12H,1-8H2/t2*9-,10+/m10/s1. The molecular formula is C20H38F2N4. The first kappa shape index (κ1) is 20.4. The largest absolute Gasteiger partial charge is 0.314 e. The van der Waals surface area contributed by atoms with Crippen molar-refractivity contribution in [1.29, 1.82) is 0 Å². The van der Waals surface area contributed by atoms with Crippen molar-refractivity contribution >= 4 is 0 Å². The maximum atomic E-state index is 13.5. The summed E-state index contributed by atoms with van der Waals surface area (Å²) < 4.78 is 27.1. The summed E-state index contributed by atoms with van der Waals surface area (Å²) in [5.74, 6) is 0. The maximum Gasteiger partial charge on any atom is 0.128 e. The minimum absolute atomic E-state index is 0.210. The first-order valence-electron chi connectivity index (χ1n) is 10.9. The van der Waals surface area contributed by atoms with Crippen molar-refractivity contribution in [2.24, 2.45) is 0 Å². The van der Waals surface area contributed by atoms with Crippen LogP contribution in [0.1, 0.15) is 51.4 Å². The Labute approximate surface area is 158 Å². The number of rotatable bonds is 2. The highest BCUT2D eigenvalue weighted by atomic mass is 19.1. The van der Waals surface area contributed by atoms with Gasteiger partial charge < -0.3 is 10.6 Å². The molecule has 4 heterocycles. The van der Waals surface area contributed by atoms with Crippen molar-refractivity contribution in [3.8, 4) is 0 Å². The van der Waals surface area contributed by atoms with Crippen molar-refractivity contribution in [3.05, 3.63) is 0 Å². The molecule has 4 rings (SSSR count). The summed E-state index contributed by atoms with van der Waals surface area (Å²) in [7, 11) is 0. The Kier molecular flexibility index (Phi) is 8.56. The van der Waals surface area contributed by atoms with Gasteiger partial charge in [-0.15, -0.1) is 0 Å². The summed E-state index contributed by atoms with van der Waals surface area (Å²) in [6.07, 6.45) is 8.39. The van der Waals surface area contributed by atoms with E-state index in [1.54, 1.807) is 0 Å². The maximum absolute atomic E-state index is 13.5. The lowest BCUT2D eigenvalue weighted by Crippen LogP contribution is -2.52. The average Bonchev–Trinajstić information content (AvgIpc) is 2.71. The molecule has 0 amide bonds. The van der Waals surface area contributed by atoms with E-state index in [2.05, 4.69) is 20.4 Å². The third-order valence-electron chi connectivity index (χ3n) is 6.47. The average molecular weight is 373 g/mol. The van der Waals surface area contributed by atoms with Gasteiger partial charge in [0.25, 0.3) is 0 Å². The molecule has 0 bridgehead atoms. The Balaban J connectivity index is 0.000000151. The molecule has 4 saturated heterocycles. The first-order chi connectivity index (χ1) is 12.8. The molecule has 0 radical (unpaired) electrons. The van der Waals surface area contributed by atoms with Crippen molar-refractivity contribution in [3.63, 3.8) is 0 Å². The SMILES string of the molecule is F[C@@H]1CNCC[C@@H]1N1CCCCC1.F[C@H]1CNCC[C@H]1N1CCCCC1. The summed E-state index contributed by atoms with van der Waals surface area (Å²) in [5.41, 5.74) is 0. The fraction of sp³-hybridized carbons (Fsp3) is 1.00. The van der Waals surface area contributed by atoms with Crippen molar-refractivity contribution in [2.45, 2.75) is 75.8 Å². The highest BCUT2D eigenvalue weighted by Gasteiger charge is 2.31. The van der Waals surface area contributed by atoms with Crippen LogP contribution in [0.5, 0.6) is 0 Å². The monoisotopic (exact) mass is 372 g/mol. The van der Waals surface area contributed by atoms with E-state index in [0.29, 0.717) is 13.1 Å². The summed E-state index contributed by atoms with van der Waals surface area (Å²) in [4.78, 5) is 4.71. The molecule has 2 N–H and O–H groups in total. The van der Waals surface area contributed by atoms with E-state index in [0.717, 1.165) is 52.1 Å². The molecule has 4 aliphatic rings. The van der Waals surface area contributed by atoms with Crippen LogP contribution in [-0.2, 0) is 0 Å². The molecule has 0 saturated carbocycles. The lowest BCUT2D eigenvalue weighted by atomic mass is 10.00. The number of likely N-dealkylation sites (tertiary alicyclic amines) is 2. The molecule has 6 heteroatoms. The van der Waals surface area contributed by atoms with Crippen LogP contribution >= 0.6 is 0 Å². The minimum atomic E-state index is -0.646. The highest BCUT2D eigenvalue weighted by Crippen LogP contribution is 2.21. The van der Waals surface area contributed by atoms with Gasteiger partial charge >= 0.3 is 0 Å². The minimum Gasteiger partial charge on any atom is -0.314 e. The fourth-order valence-corrected chi connectivity index (χ4v) is 4.94. The highest BCUT2D eigenvalue weighted by molar-refractivity contribution is 4.87. The number of halogens is 2. The van der Waals surface area contributed by atoms with Gasteiger partial charge in [-0.25, -0.2) is 8.78 Å². The molecule has 4 nitrogen and oxygen atoms in total. The van der Waals surface area contributed by atoms with Crippen molar-refractivity contribution in [1.82, 2.24) is 20.4 Å². The normalized spacial score (nSPS) is 37.6. The number of nitrogens with zero attached hydrogens (tertiary/aromatic N) is 2. The third-order valence-corrected chi connectivity index (χ3v) is 6.47. The molecule has 26 heavy (non-hydrogen) atoms. The quantitative estimate of drug-likeness (QED) is 0.779. The number of piperidine rings is 4. The van der Waals surface area contributed by atoms with Crippen LogP contribution in [0.3, 0.4) is 0 Å². The van der Waals surface area contributed by atoms with E-state index in [1.807, 2.05) is 0 Å². The molecule has 4 fully saturated rings. The molecule has 4 aliphatic heterocycles.